The zero-order chi connectivity index (χ0) is 18.3. The van der Waals surface area contributed by atoms with Crippen LogP contribution in [0.15, 0.2) is 24.3 Å². The van der Waals surface area contributed by atoms with E-state index >= 15 is 0 Å². The van der Waals surface area contributed by atoms with Gasteiger partial charge in [-0.15, -0.1) is 0 Å². The molecule has 6 nitrogen and oxygen atoms in total. The molecule has 0 saturated carbocycles. The number of nitrogens with zero attached hydrogens (tertiary/aromatic N) is 3. The number of rotatable bonds is 11. The van der Waals surface area contributed by atoms with Crippen LogP contribution in [0, 0.1) is 0 Å². The van der Waals surface area contributed by atoms with E-state index in [4.69, 9.17) is 4.98 Å². The van der Waals surface area contributed by atoms with Crippen LogP contribution in [0.4, 0.5) is 0 Å². The van der Waals surface area contributed by atoms with Gasteiger partial charge in [-0.25, -0.2) is 18.1 Å². The fourth-order valence-corrected chi connectivity index (χ4v) is 4.06. The van der Waals surface area contributed by atoms with Crippen molar-refractivity contribution >= 4 is 21.1 Å². The highest BCUT2D eigenvalue weighted by Crippen LogP contribution is 2.17. The largest absolute Gasteiger partial charge is 0.328 e. The lowest BCUT2D eigenvalue weighted by Crippen LogP contribution is -2.29. The van der Waals surface area contributed by atoms with Gasteiger partial charge in [0.25, 0.3) is 0 Å². The first-order valence-electron chi connectivity index (χ1n) is 8.99. The minimum atomic E-state index is -3.18. The Bertz CT molecular complexity index is 768. The molecule has 0 radical (unpaired) electrons. The van der Waals surface area contributed by atoms with Crippen LogP contribution in [-0.2, 0) is 23.0 Å². The van der Waals surface area contributed by atoms with Crippen molar-refractivity contribution in [3.63, 3.8) is 0 Å². The van der Waals surface area contributed by atoms with Gasteiger partial charge in [0, 0.05) is 19.5 Å². The normalized spacial score (nSPS) is 12.3. The van der Waals surface area contributed by atoms with Crippen molar-refractivity contribution in [2.24, 2.45) is 0 Å². The summed E-state index contributed by atoms with van der Waals surface area (Å²) in [6, 6.07) is 8.08. The van der Waals surface area contributed by atoms with Crippen molar-refractivity contribution < 1.29 is 8.42 Å². The molecule has 0 fully saturated rings. The van der Waals surface area contributed by atoms with Crippen LogP contribution in [0.2, 0.25) is 0 Å². The summed E-state index contributed by atoms with van der Waals surface area (Å²) in [6.45, 7) is 4.28. The Morgan fingerprint density at radius 3 is 2.68 bits per heavy atom. The smallest absolute Gasteiger partial charge is 0.211 e. The molecule has 7 heteroatoms. The first kappa shape index (κ1) is 19.9. The van der Waals surface area contributed by atoms with Gasteiger partial charge >= 0.3 is 0 Å². The molecular formula is C18H30N4O2S. The van der Waals surface area contributed by atoms with E-state index in [-0.39, 0.29) is 5.75 Å². The maximum atomic E-state index is 11.9. The third kappa shape index (κ3) is 6.09. The first-order valence-corrected chi connectivity index (χ1v) is 10.6. The molecule has 0 saturated heterocycles. The lowest BCUT2D eigenvalue weighted by molar-refractivity contribution is 0.386. The molecule has 25 heavy (non-hydrogen) atoms. The van der Waals surface area contributed by atoms with Crippen LogP contribution in [0.3, 0.4) is 0 Å². The third-order valence-electron chi connectivity index (χ3n) is 4.16. The van der Waals surface area contributed by atoms with Gasteiger partial charge in [0.1, 0.15) is 5.82 Å². The molecule has 1 aromatic carbocycles. The molecule has 140 valence electrons. The van der Waals surface area contributed by atoms with Gasteiger partial charge in [0.05, 0.1) is 16.8 Å². The summed E-state index contributed by atoms with van der Waals surface area (Å²) in [4.78, 5) is 6.87. The van der Waals surface area contributed by atoms with E-state index in [1.807, 2.05) is 25.1 Å². The zero-order valence-electron chi connectivity index (χ0n) is 15.5. The van der Waals surface area contributed by atoms with Gasteiger partial charge in [0.15, 0.2) is 0 Å². The molecule has 2 aromatic rings. The molecular weight excluding hydrogens is 336 g/mol. The summed E-state index contributed by atoms with van der Waals surface area (Å²) in [6.07, 6.45) is 3.20. The van der Waals surface area contributed by atoms with Crippen LogP contribution in [0.5, 0.6) is 0 Å². The molecule has 1 N–H and O–H groups in total. The molecule has 2 rings (SSSR count). The maximum Gasteiger partial charge on any atom is 0.211 e. The minimum absolute atomic E-state index is 0.197. The quantitative estimate of drug-likeness (QED) is 0.662. The van der Waals surface area contributed by atoms with Crippen molar-refractivity contribution in [1.29, 1.82) is 0 Å². The van der Waals surface area contributed by atoms with Crippen LogP contribution < -0.4 is 4.72 Å². The second-order valence-corrected chi connectivity index (χ2v) is 8.57. The number of imidazole rings is 1. The number of nitrogens with one attached hydrogen (secondary N) is 1. The van der Waals surface area contributed by atoms with E-state index in [2.05, 4.69) is 34.4 Å². The molecule has 0 aliphatic rings. The number of para-hydroxylation sites is 2. The summed E-state index contributed by atoms with van der Waals surface area (Å²) in [7, 11) is 0.956. The van der Waals surface area contributed by atoms with Crippen molar-refractivity contribution in [3.8, 4) is 0 Å². The maximum absolute atomic E-state index is 11.9. The lowest BCUT2D eigenvalue weighted by Gasteiger charge is -2.13. The second kappa shape index (κ2) is 9.31. The van der Waals surface area contributed by atoms with Crippen LogP contribution in [-0.4, -0.2) is 55.8 Å². The summed E-state index contributed by atoms with van der Waals surface area (Å²) in [5.74, 6) is 1.14. The molecule has 1 aromatic heterocycles. The number of sulfonamides is 1. The van der Waals surface area contributed by atoms with Crippen molar-refractivity contribution in [3.05, 3.63) is 30.1 Å². The van der Waals surface area contributed by atoms with Gasteiger partial charge in [-0.1, -0.05) is 25.5 Å². The first-order chi connectivity index (χ1) is 11.9. The highest BCUT2D eigenvalue weighted by Gasteiger charge is 2.13. The Labute approximate surface area is 151 Å². The van der Waals surface area contributed by atoms with Crippen LogP contribution in [0.1, 0.15) is 32.0 Å². The van der Waals surface area contributed by atoms with Crippen molar-refractivity contribution in [1.82, 2.24) is 19.2 Å². The van der Waals surface area contributed by atoms with E-state index in [1.54, 1.807) is 0 Å². The van der Waals surface area contributed by atoms with Crippen molar-refractivity contribution in [2.75, 3.05) is 32.9 Å². The fraction of sp³-hybridized carbons (Fsp3) is 0.611. The molecule has 0 aliphatic heterocycles. The number of hydrogen-bond donors (Lipinski definition) is 1. The van der Waals surface area contributed by atoms with Crippen molar-refractivity contribution in [2.45, 2.75) is 39.2 Å². The van der Waals surface area contributed by atoms with E-state index in [0.717, 1.165) is 42.8 Å². The highest BCUT2D eigenvalue weighted by molar-refractivity contribution is 7.89. The molecule has 0 atom stereocenters. The monoisotopic (exact) mass is 366 g/mol. The minimum Gasteiger partial charge on any atom is -0.328 e. The van der Waals surface area contributed by atoms with E-state index in [0.29, 0.717) is 19.4 Å². The lowest BCUT2D eigenvalue weighted by atomic mass is 10.3. The average molecular weight is 367 g/mol. The van der Waals surface area contributed by atoms with E-state index in [1.165, 1.54) is 0 Å². The summed E-state index contributed by atoms with van der Waals surface area (Å²) >= 11 is 0. The van der Waals surface area contributed by atoms with Crippen LogP contribution >= 0.6 is 0 Å². The van der Waals surface area contributed by atoms with Gasteiger partial charge in [0.2, 0.25) is 10.0 Å². The number of aryl methyl sites for hydroxylation is 1. The number of hydrogen-bond acceptors (Lipinski definition) is 4. The topological polar surface area (TPSA) is 67.2 Å². The highest BCUT2D eigenvalue weighted by atomic mass is 32.2. The SMILES string of the molecule is CCCCS(=O)(=O)NCCc1nc2ccccc2n1CCCN(C)C. The molecule has 0 bridgehead atoms. The zero-order valence-corrected chi connectivity index (χ0v) is 16.3. The Kier molecular flexibility index (Phi) is 7.40. The van der Waals surface area contributed by atoms with Gasteiger partial charge < -0.3 is 9.47 Å². The summed E-state index contributed by atoms with van der Waals surface area (Å²) < 4.78 is 28.8. The third-order valence-corrected chi connectivity index (χ3v) is 5.63. The number of benzene rings is 1. The molecule has 0 aliphatic carbocycles. The van der Waals surface area contributed by atoms with Gasteiger partial charge in [-0.3, -0.25) is 0 Å². The summed E-state index contributed by atoms with van der Waals surface area (Å²) in [5.41, 5.74) is 2.08. The number of unbranched alkanes of at least 4 members (excludes halogenated alkanes) is 1. The molecule has 0 spiro atoms. The molecule has 1 heterocycles. The number of fused-ring (bicyclic) bond motifs is 1. The predicted octanol–water partition coefficient (Wildman–Crippen LogP) is 2.25. The fourth-order valence-electron chi connectivity index (χ4n) is 2.84. The molecule has 0 unspecified atom stereocenters. The Balaban J connectivity index is 2.06. The van der Waals surface area contributed by atoms with Gasteiger partial charge in [-0.05, 0) is 45.6 Å². The van der Waals surface area contributed by atoms with E-state index in [9.17, 15) is 8.42 Å². The second-order valence-electron chi connectivity index (χ2n) is 6.64. The Morgan fingerprint density at radius 2 is 1.96 bits per heavy atom. The Morgan fingerprint density at radius 1 is 1.20 bits per heavy atom. The van der Waals surface area contributed by atoms with E-state index < -0.39 is 10.0 Å². The standard InChI is InChI=1S/C18H30N4O2S/c1-4-5-15-25(23,24)19-12-11-18-20-16-9-6-7-10-17(16)22(18)14-8-13-21(2)3/h6-7,9-10,19H,4-5,8,11-15H2,1-3H3. The Hall–Kier alpha value is -1.44. The van der Waals surface area contributed by atoms with Crippen LogP contribution in [0.25, 0.3) is 11.0 Å². The predicted molar refractivity (Wildman–Crippen MR) is 103 cm³/mol. The van der Waals surface area contributed by atoms with Gasteiger partial charge in [-0.2, -0.15) is 0 Å². The number of aromatic nitrogens is 2. The summed E-state index contributed by atoms with van der Waals surface area (Å²) in [5, 5.41) is 0. The average Bonchev–Trinajstić information content (AvgIpc) is 2.90. The molecule has 0 amide bonds.